The van der Waals surface area contributed by atoms with Crippen LogP contribution in [0.15, 0.2) is 48.8 Å². The number of nitrogens with zero attached hydrogens (tertiary/aromatic N) is 6. The van der Waals surface area contributed by atoms with Gasteiger partial charge in [-0.1, -0.05) is 23.7 Å². The summed E-state index contributed by atoms with van der Waals surface area (Å²) in [5.41, 5.74) is 2.71. The normalized spacial score (nSPS) is 16.8. The molecule has 0 atom stereocenters. The number of anilines is 1. The van der Waals surface area contributed by atoms with E-state index in [9.17, 15) is 9.59 Å². The van der Waals surface area contributed by atoms with E-state index in [-0.39, 0.29) is 17.9 Å². The minimum Gasteiger partial charge on any atom is -0.444 e. The number of hydrogen-bond donors (Lipinski definition) is 0. The van der Waals surface area contributed by atoms with E-state index in [0.717, 1.165) is 22.8 Å². The fourth-order valence-electron chi connectivity index (χ4n) is 5.44. The molecule has 0 saturated carbocycles. The first-order chi connectivity index (χ1) is 19.1. The van der Waals surface area contributed by atoms with Crippen LogP contribution in [0.4, 0.5) is 10.6 Å². The topological polar surface area (TPSA) is 83.8 Å². The van der Waals surface area contributed by atoms with Gasteiger partial charge in [-0.05, 0) is 70.4 Å². The zero-order valence-electron chi connectivity index (χ0n) is 23.6. The molecule has 10 heteroatoms. The third kappa shape index (κ3) is 5.94. The van der Waals surface area contributed by atoms with Crippen molar-refractivity contribution in [2.24, 2.45) is 0 Å². The number of benzene rings is 1. The Kier molecular flexibility index (Phi) is 8.03. The smallest absolute Gasteiger partial charge is 0.410 e. The molecular formula is C30H37ClN6O3. The number of hydrogen-bond acceptors (Lipinski definition) is 6. The maximum absolute atomic E-state index is 14.0. The van der Waals surface area contributed by atoms with E-state index in [4.69, 9.17) is 21.4 Å². The van der Waals surface area contributed by atoms with Crippen molar-refractivity contribution >= 4 is 29.4 Å². The molecule has 0 radical (unpaired) electrons. The van der Waals surface area contributed by atoms with Crippen LogP contribution in [-0.4, -0.2) is 81.4 Å². The second kappa shape index (κ2) is 11.5. The molecule has 2 aliphatic heterocycles. The minimum absolute atomic E-state index is 0.0174. The van der Waals surface area contributed by atoms with Crippen LogP contribution in [0, 0.1) is 6.92 Å². The molecule has 4 heterocycles. The van der Waals surface area contributed by atoms with E-state index in [2.05, 4.69) is 9.88 Å². The van der Waals surface area contributed by atoms with E-state index in [1.165, 1.54) is 0 Å². The SMILES string of the molecule is Cc1c(Cl)cccc1-n1ncc(C(=O)N2CCN(c3ccccn3)CC2)c1C1CCN(C(=O)OC(C)(C)C)CC1. The van der Waals surface area contributed by atoms with Crippen LogP contribution in [0.1, 0.15) is 61.1 Å². The number of halogens is 1. The molecule has 2 aromatic heterocycles. The predicted molar refractivity (Wildman–Crippen MR) is 155 cm³/mol. The summed E-state index contributed by atoms with van der Waals surface area (Å²) in [5.74, 6) is 0.959. The van der Waals surface area contributed by atoms with Gasteiger partial charge in [0.15, 0.2) is 0 Å². The molecular weight excluding hydrogens is 528 g/mol. The van der Waals surface area contributed by atoms with Gasteiger partial charge in [-0.3, -0.25) is 4.79 Å². The molecule has 0 unspecified atom stereocenters. The van der Waals surface area contributed by atoms with Gasteiger partial charge in [0.25, 0.3) is 5.91 Å². The minimum atomic E-state index is -0.545. The number of rotatable bonds is 4. The van der Waals surface area contributed by atoms with Crippen LogP contribution in [0.25, 0.3) is 5.69 Å². The average Bonchev–Trinajstić information content (AvgIpc) is 3.39. The molecule has 5 rings (SSSR count). The fraction of sp³-hybridized carbons (Fsp3) is 0.467. The second-order valence-corrected chi connectivity index (χ2v) is 11.9. The number of piperazine rings is 1. The summed E-state index contributed by atoms with van der Waals surface area (Å²) in [7, 11) is 0. The zero-order chi connectivity index (χ0) is 28.4. The molecule has 0 bridgehead atoms. The Labute approximate surface area is 240 Å². The summed E-state index contributed by atoms with van der Waals surface area (Å²) in [4.78, 5) is 37.0. The van der Waals surface area contributed by atoms with Crippen LogP contribution in [0.5, 0.6) is 0 Å². The molecule has 2 aliphatic rings. The van der Waals surface area contributed by atoms with Gasteiger partial charge in [0, 0.05) is 56.4 Å². The zero-order valence-corrected chi connectivity index (χ0v) is 24.4. The average molecular weight is 565 g/mol. The Morgan fingerprint density at radius 1 is 0.950 bits per heavy atom. The van der Waals surface area contributed by atoms with Crippen molar-refractivity contribution in [3.05, 3.63) is 70.6 Å². The lowest BCUT2D eigenvalue weighted by atomic mass is 9.90. The highest BCUT2D eigenvalue weighted by Crippen LogP contribution is 2.35. The van der Waals surface area contributed by atoms with Crippen molar-refractivity contribution in [1.82, 2.24) is 24.6 Å². The Morgan fingerprint density at radius 2 is 1.68 bits per heavy atom. The van der Waals surface area contributed by atoms with E-state index in [1.807, 2.05) is 73.7 Å². The van der Waals surface area contributed by atoms with E-state index < -0.39 is 5.60 Å². The number of ether oxygens (including phenoxy) is 1. The Balaban J connectivity index is 1.39. The summed E-state index contributed by atoms with van der Waals surface area (Å²) in [6, 6.07) is 11.6. The van der Waals surface area contributed by atoms with Gasteiger partial charge in [-0.25, -0.2) is 14.5 Å². The van der Waals surface area contributed by atoms with Crippen molar-refractivity contribution in [2.75, 3.05) is 44.2 Å². The summed E-state index contributed by atoms with van der Waals surface area (Å²) in [5, 5.41) is 5.38. The molecule has 3 aromatic rings. The summed E-state index contributed by atoms with van der Waals surface area (Å²) in [6.45, 7) is 11.3. The van der Waals surface area contributed by atoms with Gasteiger partial charge in [0.05, 0.1) is 23.1 Å². The largest absolute Gasteiger partial charge is 0.444 e. The number of piperidine rings is 1. The molecule has 2 fully saturated rings. The molecule has 40 heavy (non-hydrogen) atoms. The standard InChI is InChI=1S/C30H37ClN6O3/c1-21-24(31)8-7-9-25(21)37-27(22-11-14-36(15-12-22)29(39)40-30(2,3)4)23(20-33-37)28(38)35-18-16-34(17-19-35)26-10-5-6-13-32-26/h5-10,13,20,22H,11-12,14-19H2,1-4H3. The van der Waals surface area contributed by atoms with Crippen molar-refractivity contribution in [1.29, 1.82) is 0 Å². The number of likely N-dealkylation sites (tertiary alicyclic amines) is 1. The van der Waals surface area contributed by atoms with E-state index >= 15 is 0 Å². The highest BCUT2D eigenvalue weighted by atomic mass is 35.5. The van der Waals surface area contributed by atoms with Gasteiger partial charge in [0.1, 0.15) is 11.4 Å². The molecule has 9 nitrogen and oxygen atoms in total. The quantitative estimate of drug-likeness (QED) is 0.427. The van der Waals surface area contributed by atoms with Crippen LogP contribution in [-0.2, 0) is 4.74 Å². The molecule has 1 aromatic carbocycles. The van der Waals surface area contributed by atoms with Gasteiger partial charge < -0.3 is 19.4 Å². The lowest BCUT2D eigenvalue weighted by Gasteiger charge is -2.36. The molecule has 2 saturated heterocycles. The Bertz CT molecular complexity index is 1350. The number of carbonyl (C=O) groups excluding carboxylic acids is 2. The lowest BCUT2D eigenvalue weighted by Crippen LogP contribution is -2.49. The number of aromatic nitrogens is 3. The van der Waals surface area contributed by atoms with E-state index in [1.54, 1.807) is 17.3 Å². The monoisotopic (exact) mass is 564 g/mol. The molecule has 0 aliphatic carbocycles. The molecule has 2 amide bonds. The number of amides is 2. The third-order valence-electron chi connectivity index (χ3n) is 7.58. The second-order valence-electron chi connectivity index (χ2n) is 11.4. The van der Waals surface area contributed by atoms with Gasteiger partial charge in [0.2, 0.25) is 0 Å². The predicted octanol–water partition coefficient (Wildman–Crippen LogP) is 5.31. The first-order valence-electron chi connectivity index (χ1n) is 13.9. The van der Waals surface area contributed by atoms with Crippen LogP contribution in [0.3, 0.4) is 0 Å². The van der Waals surface area contributed by atoms with Crippen LogP contribution >= 0.6 is 11.6 Å². The Hall–Kier alpha value is -3.59. The van der Waals surface area contributed by atoms with Gasteiger partial charge in [-0.15, -0.1) is 0 Å². The van der Waals surface area contributed by atoms with Crippen LogP contribution < -0.4 is 4.90 Å². The highest BCUT2D eigenvalue weighted by Gasteiger charge is 2.34. The molecule has 0 N–H and O–H groups in total. The van der Waals surface area contributed by atoms with Crippen molar-refractivity contribution in [3.63, 3.8) is 0 Å². The van der Waals surface area contributed by atoms with Gasteiger partial charge in [-0.2, -0.15) is 5.10 Å². The highest BCUT2D eigenvalue weighted by molar-refractivity contribution is 6.31. The summed E-state index contributed by atoms with van der Waals surface area (Å²) in [6.07, 6.45) is 4.60. The fourth-order valence-corrected chi connectivity index (χ4v) is 5.61. The van der Waals surface area contributed by atoms with Crippen molar-refractivity contribution in [3.8, 4) is 5.69 Å². The third-order valence-corrected chi connectivity index (χ3v) is 7.99. The maximum Gasteiger partial charge on any atom is 0.410 e. The molecule has 212 valence electrons. The Morgan fingerprint density at radius 3 is 2.33 bits per heavy atom. The number of pyridine rings is 1. The van der Waals surface area contributed by atoms with Crippen molar-refractivity contribution in [2.45, 2.75) is 52.1 Å². The number of carbonyl (C=O) groups is 2. The summed E-state index contributed by atoms with van der Waals surface area (Å²) < 4.78 is 7.47. The van der Waals surface area contributed by atoms with E-state index in [0.29, 0.717) is 62.7 Å². The first kappa shape index (κ1) is 28.0. The first-order valence-corrected chi connectivity index (χ1v) is 14.3. The van der Waals surface area contributed by atoms with Crippen LogP contribution in [0.2, 0.25) is 5.02 Å². The van der Waals surface area contributed by atoms with Gasteiger partial charge >= 0.3 is 6.09 Å². The lowest BCUT2D eigenvalue weighted by molar-refractivity contribution is 0.0203. The van der Waals surface area contributed by atoms with Crippen molar-refractivity contribution < 1.29 is 14.3 Å². The maximum atomic E-state index is 14.0. The molecule has 0 spiro atoms. The summed E-state index contributed by atoms with van der Waals surface area (Å²) >= 11 is 6.48.